The monoisotopic (exact) mass is 660 g/mol. The van der Waals surface area contributed by atoms with Crippen molar-refractivity contribution < 1.29 is 0 Å². The van der Waals surface area contributed by atoms with Gasteiger partial charge in [-0.25, -0.2) is 9.69 Å². The van der Waals surface area contributed by atoms with Gasteiger partial charge in [0.2, 0.25) is 0 Å². The van der Waals surface area contributed by atoms with Gasteiger partial charge in [-0.2, -0.15) is 10.5 Å². The van der Waals surface area contributed by atoms with Crippen molar-refractivity contribution in [3.8, 4) is 45.8 Å². The van der Waals surface area contributed by atoms with Gasteiger partial charge in [0.1, 0.15) is 6.07 Å². The van der Waals surface area contributed by atoms with E-state index >= 15 is 0 Å². The van der Waals surface area contributed by atoms with E-state index < -0.39 is 0 Å². The average molecular weight is 661 g/mol. The van der Waals surface area contributed by atoms with Gasteiger partial charge in [-0.05, 0) is 88.6 Å². The summed E-state index contributed by atoms with van der Waals surface area (Å²) in [6, 6.07) is 52.3. The molecule has 0 aliphatic heterocycles. The molecule has 7 aromatic carbocycles. The minimum atomic E-state index is 0.472. The van der Waals surface area contributed by atoms with E-state index in [-0.39, 0.29) is 0 Å². The van der Waals surface area contributed by atoms with Gasteiger partial charge in [-0.1, -0.05) is 78.9 Å². The molecule has 0 bridgehead atoms. The normalized spacial score (nSPS) is 11.0. The first-order chi connectivity index (χ1) is 25.6. The first kappa shape index (κ1) is 30.2. The number of hydrogen-bond donors (Lipinski definition) is 0. The van der Waals surface area contributed by atoms with E-state index in [1.807, 2.05) is 103 Å². The van der Waals surface area contributed by atoms with Gasteiger partial charge in [-0.3, -0.25) is 0 Å². The Morgan fingerprint density at radius 3 is 1.48 bits per heavy atom. The lowest BCUT2D eigenvalue weighted by Crippen LogP contribution is -2.00. The van der Waals surface area contributed by atoms with Crippen molar-refractivity contribution in [2.75, 3.05) is 0 Å². The van der Waals surface area contributed by atoms with Crippen LogP contribution < -0.4 is 0 Å². The molecule has 0 atom stereocenters. The van der Waals surface area contributed by atoms with Crippen molar-refractivity contribution in [2.24, 2.45) is 0 Å². The average Bonchev–Trinajstić information content (AvgIpc) is 3.72. The van der Waals surface area contributed by atoms with Crippen LogP contribution in [0.15, 0.2) is 146 Å². The van der Waals surface area contributed by atoms with Crippen molar-refractivity contribution in [1.29, 1.82) is 10.5 Å². The van der Waals surface area contributed by atoms with Crippen LogP contribution in [0.5, 0.6) is 0 Å². The van der Waals surface area contributed by atoms with Gasteiger partial charge in [0.25, 0.3) is 0 Å². The predicted molar refractivity (Wildman–Crippen MR) is 208 cm³/mol. The highest BCUT2D eigenvalue weighted by atomic mass is 15.0. The Kier molecular flexibility index (Phi) is 6.91. The highest BCUT2D eigenvalue weighted by molar-refractivity contribution is 6.12. The van der Waals surface area contributed by atoms with Gasteiger partial charge in [-0.15, -0.1) is 0 Å². The third kappa shape index (κ3) is 4.62. The first-order valence-corrected chi connectivity index (χ1v) is 16.6. The molecule has 0 saturated carbocycles. The molecule has 0 N–H and O–H groups in total. The molecule has 9 rings (SSSR count). The third-order valence-electron chi connectivity index (χ3n) is 9.76. The zero-order chi connectivity index (χ0) is 35.3. The number of nitriles is 2. The number of benzene rings is 7. The molecule has 52 heavy (non-hydrogen) atoms. The Balaban J connectivity index is 1.38. The fraction of sp³-hybridized carbons (Fsp3) is 0. The van der Waals surface area contributed by atoms with Crippen molar-refractivity contribution in [2.45, 2.75) is 0 Å². The van der Waals surface area contributed by atoms with E-state index in [2.05, 4.69) is 61.3 Å². The number of para-hydroxylation sites is 2. The second kappa shape index (κ2) is 11.9. The standard InChI is InChI=1S/C46H24N6/c1-49-32-16-18-45-40(23-32)41-24-33(50-2)17-19-46(41)52(45)35-25-38(30-10-4-3-5-11-30)42(28-48)39(26-35)31-20-29(27-47)21-34(22-31)51-43-14-8-6-12-36(43)37-13-7-9-15-44(37)51/h3-26H. The van der Waals surface area contributed by atoms with Crippen LogP contribution in [0.2, 0.25) is 0 Å². The summed E-state index contributed by atoms with van der Waals surface area (Å²) in [5.74, 6) is 0. The van der Waals surface area contributed by atoms with Crippen LogP contribution in [-0.4, -0.2) is 9.13 Å². The van der Waals surface area contributed by atoms with Gasteiger partial charge in [0.15, 0.2) is 11.4 Å². The summed E-state index contributed by atoms with van der Waals surface area (Å²) < 4.78 is 4.31. The highest BCUT2D eigenvalue weighted by Crippen LogP contribution is 2.41. The molecule has 9 aromatic rings. The Labute approximate surface area is 299 Å². The number of rotatable bonds is 4. The van der Waals surface area contributed by atoms with E-state index in [1.54, 1.807) is 12.1 Å². The molecule has 0 saturated heterocycles. The summed E-state index contributed by atoms with van der Waals surface area (Å²) in [6.07, 6.45) is 0. The molecule has 238 valence electrons. The molecular formula is C46H24N6. The molecule has 0 amide bonds. The van der Waals surface area contributed by atoms with Gasteiger partial charge in [0.05, 0.1) is 52.4 Å². The molecule has 2 heterocycles. The zero-order valence-corrected chi connectivity index (χ0v) is 27.5. The molecule has 2 aromatic heterocycles. The van der Waals surface area contributed by atoms with E-state index in [1.165, 1.54) is 0 Å². The van der Waals surface area contributed by atoms with Crippen LogP contribution in [0.4, 0.5) is 11.4 Å². The maximum absolute atomic E-state index is 10.9. The van der Waals surface area contributed by atoms with Crippen LogP contribution in [0, 0.1) is 35.8 Å². The zero-order valence-electron chi connectivity index (χ0n) is 27.5. The second-order valence-electron chi connectivity index (χ2n) is 12.6. The molecule has 0 spiro atoms. The summed E-state index contributed by atoms with van der Waals surface area (Å²) in [4.78, 5) is 7.36. The number of nitrogens with zero attached hydrogens (tertiary/aromatic N) is 6. The summed E-state index contributed by atoms with van der Waals surface area (Å²) in [7, 11) is 0. The van der Waals surface area contributed by atoms with Crippen molar-refractivity contribution >= 4 is 55.0 Å². The van der Waals surface area contributed by atoms with Gasteiger partial charge < -0.3 is 9.13 Å². The highest BCUT2D eigenvalue weighted by Gasteiger charge is 2.21. The minimum Gasteiger partial charge on any atom is -0.309 e. The molecular weight excluding hydrogens is 637 g/mol. The molecule has 0 unspecified atom stereocenters. The Bertz CT molecular complexity index is 2990. The summed E-state index contributed by atoms with van der Waals surface area (Å²) in [5, 5.41) is 25.2. The molecule has 0 radical (unpaired) electrons. The Hall–Kier alpha value is -7.90. The lowest BCUT2D eigenvalue weighted by atomic mass is 9.90. The lowest BCUT2D eigenvalue weighted by molar-refractivity contribution is 1.17. The predicted octanol–water partition coefficient (Wildman–Crippen LogP) is 12.1. The van der Waals surface area contributed by atoms with Crippen molar-refractivity contribution in [3.63, 3.8) is 0 Å². The SMILES string of the molecule is [C-]#[N+]c1ccc2c(c1)c1cc([N+]#[C-])ccc1n2-c1cc(-c2ccccc2)c(C#N)c(-c2cc(C#N)cc(-n3c4ccccc4c4ccccc43)c2)c1. The van der Waals surface area contributed by atoms with Crippen LogP contribution >= 0.6 is 0 Å². The Morgan fingerprint density at radius 2 is 0.942 bits per heavy atom. The number of aromatic nitrogens is 2. The maximum atomic E-state index is 10.9. The third-order valence-corrected chi connectivity index (χ3v) is 9.76. The molecule has 0 fully saturated rings. The summed E-state index contributed by atoms with van der Waals surface area (Å²) in [5.41, 5.74) is 10.4. The molecule has 6 nitrogen and oxygen atoms in total. The van der Waals surface area contributed by atoms with E-state index in [9.17, 15) is 10.5 Å². The molecule has 6 heteroatoms. The summed E-state index contributed by atoms with van der Waals surface area (Å²) >= 11 is 0. The maximum Gasteiger partial charge on any atom is 0.188 e. The van der Waals surface area contributed by atoms with Crippen molar-refractivity contribution in [1.82, 2.24) is 9.13 Å². The number of fused-ring (bicyclic) bond motifs is 6. The number of hydrogen-bond acceptors (Lipinski definition) is 2. The van der Waals surface area contributed by atoms with Gasteiger partial charge in [0, 0.05) is 33.3 Å². The quantitative estimate of drug-likeness (QED) is 0.176. The fourth-order valence-electron chi connectivity index (χ4n) is 7.53. The van der Waals surface area contributed by atoms with Crippen LogP contribution in [-0.2, 0) is 0 Å². The van der Waals surface area contributed by atoms with Gasteiger partial charge >= 0.3 is 0 Å². The van der Waals surface area contributed by atoms with Crippen LogP contribution in [0.25, 0.3) is 86.9 Å². The van der Waals surface area contributed by atoms with E-state index in [4.69, 9.17) is 13.1 Å². The lowest BCUT2D eigenvalue weighted by Gasteiger charge is -2.17. The molecule has 0 aliphatic carbocycles. The molecule has 0 aliphatic rings. The smallest absolute Gasteiger partial charge is 0.188 e. The van der Waals surface area contributed by atoms with Crippen LogP contribution in [0.3, 0.4) is 0 Å². The first-order valence-electron chi connectivity index (χ1n) is 16.6. The topological polar surface area (TPSA) is 66.2 Å². The van der Waals surface area contributed by atoms with Crippen molar-refractivity contribution in [3.05, 3.63) is 180 Å². The van der Waals surface area contributed by atoms with E-state index in [0.717, 1.165) is 71.7 Å². The van der Waals surface area contributed by atoms with E-state index in [0.29, 0.717) is 28.1 Å². The second-order valence-corrected chi connectivity index (χ2v) is 12.6. The fourth-order valence-corrected chi connectivity index (χ4v) is 7.53. The van der Waals surface area contributed by atoms with Crippen LogP contribution in [0.1, 0.15) is 11.1 Å². The summed E-state index contributed by atoms with van der Waals surface area (Å²) in [6.45, 7) is 15.3. The minimum absolute atomic E-state index is 0.472. The largest absolute Gasteiger partial charge is 0.309 e. The Morgan fingerprint density at radius 1 is 0.442 bits per heavy atom.